The molecular formula is C19H20F2O3S. The second-order valence-corrected chi connectivity index (χ2v) is 9.34. The predicted molar refractivity (Wildman–Crippen MR) is 91.2 cm³/mol. The van der Waals surface area contributed by atoms with Gasteiger partial charge in [0.25, 0.3) is 0 Å². The molecule has 0 radical (unpaired) electrons. The van der Waals surface area contributed by atoms with Crippen molar-refractivity contribution < 1.29 is 22.3 Å². The van der Waals surface area contributed by atoms with E-state index in [1.807, 2.05) is 0 Å². The van der Waals surface area contributed by atoms with Gasteiger partial charge >= 0.3 is 0 Å². The molecule has 0 amide bonds. The van der Waals surface area contributed by atoms with Gasteiger partial charge in [-0.05, 0) is 41.8 Å². The van der Waals surface area contributed by atoms with Gasteiger partial charge in [-0.2, -0.15) is 0 Å². The van der Waals surface area contributed by atoms with Gasteiger partial charge in [0, 0.05) is 11.3 Å². The summed E-state index contributed by atoms with van der Waals surface area (Å²) in [5.41, 5.74) is 0.582. The molecule has 1 aliphatic heterocycles. The van der Waals surface area contributed by atoms with Gasteiger partial charge in [0.1, 0.15) is 0 Å². The van der Waals surface area contributed by atoms with Crippen LogP contribution in [0.25, 0.3) is 0 Å². The smallest absolute Gasteiger partial charge is 0.179 e. The van der Waals surface area contributed by atoms with Crippen LogP contribution >= 0.6 is 0 Å². The minimum absolute atomic E-state index is 0.145. The zero-order chi connectivity index (χ0) is 18.6. The minimum Gasteiger partial charge on any atom is -0.392 e. The van der Waals surface area contributed by atoms with Gasteiger partial charge in [0.15, 0.2) is 21.5 Å². The third-order valence-electron chi connectivity index (χ3n) is 4.82. The van der Waals surface area contributed by atoms with E-state index in [0.717, 1.165) is 17.7 Å². The quantitative estimate of drug-likeness (QED) is 0.839. The topological polar surface area (TPSA) is 54.4 Å². The van der Waals surface area contributed by atoms with E-state index in [-0.39, 0.29) is 10.6 Å². The molecule has 134 valence electrons. The average molecular weight is 366 g/mol. The Morgan fingerprint density at radius 1 is 1.08 bits per heavy atom. The van der Waals surface area contributed by atoms with E-state index in [4.69, 9.17) is 0 Å². The van der Waals surface area contributed by atoms with E-state index in [1.165, 1.54) is 6.07 Å². The number of sulfone groups is 1. The number of aliphatic hydroxyl groups is 1. The molecule has 0 unspecified atom stereocenters. The SMILES string of the molecule is Cc1ccc2c(c1)S(=O)(=O)CC(C)(C)[C@H](O)[C@@H]2c1ccc(F)c(F)c1. The maximum Gasteiger partial charge on any atom is 0.179 e. The van der Waals surface area contributed by atoms with Crippen molar-refractivity contribution in [2.45, 2.75) is 37.7 Å². The number of benzene rings is 2. The fraction of sp³-hybridized carbons (Fsp3) is 0.368. The van der Waals surface area contributed by atoms with Gasteiger partial charge in [0.2, 0.25) is 0 Å². The van der Waals surface area contributed by atoms with Crippen molar-refractivity contribution in [3.63, 3.8) is 0 Å². The van der Waals surface area contributed by atoms with E-state index in [9.17, 15) is 22.3 Å². The van der Waals surface area contributed by atoms with Crippen molar-refractivity contribution in [2.24, 2.45) is 5.41 Å². The van der Waals surface area contributed by atoms with Crippen molar-refractivity contribution in [1.82, 2.24) is 0 Å². The molecule has 0 saturated carbocycles. The minimum atomic E-state index is -3.63. The molecule has 1 aliphatic rings. The number of fused-ring (bicyclic) bond motifs is 1. The molecule has 0 fully saturated rings. The summed E-state index contributed by atoms with van der Waals surface area (Å²) in [7, 11) is -3.63. The lowest BCUT2D eigenvalue weighted by Gasteiger charge is -2.33. The zero-order valence-corrected chi connectivity index (χ0v) is 15.1. The van der Waals surface area contributed by atoms with Crippen LogP contribution < -0.4 is 0 Å². The second-order valence-electron chi connectivity index (χ2n) is 7.39. The maximum atomic E-state index is 13.8. The highest BCUT2D eigenvalue weighted by Crippen LogP contribution is 2.44. The Bertz CT molecular complexity index is 936. The normalized spacial score (nSPS) is 24.4. The molecule has 0 bridgehead atoms. The van der Waals surface area contributed by atoms with Crippen LogP contribution in [0.15, 0.2) is 41.3 Å². The first-order chi connectivity index (χ1) is 11.5. The van der Waals surface area contributed by atoms with Crippen molar-refractivity contribution in [1.29, 1.82) is 0 Å². The Kier molecular flexibility index (Phi) is 4.24. The van der Waals surface area contributed by atoms with Gasteiger partial charge in [0.05, 0.1) is 16.8 Å². The number of aryl methyl sites for hydroxylation is 1. The van der Waals surface area contributed by atoms with Gasteiger partial charge in [-0.1, -0.05) is 32.0 Å². The molecule has 2 atom stereocenters. The molecule has 2 aromatic rings. The van der Waals surface area contributed by atoms with Gasteiger partial charge in [-0.25, -0.2) is 17.2 Å². The molecule has 1 heterocycles. The Morgan fingerprint density at radius 2 is 1.76 bits per heavy atom. The van der Waals surface area contributed by atoms with Gasteiger partial charge in [-0.15, -0.1) is 0 Å². The Hall–Kier alpha value is -1.79. The van der Waals surface area contributed by atoms with E-state index >= 15 is 0 Å². The summed E-state index contributed by atoms with van der Waals surface area (Å²) in [6, 6.07) is 8.40. The molecule has 1 N–H and O–H groups in total. The van der Waals surface area contributed by atoms with Gasteiger partial charge in [-0.3, -0.25) is 0 Å². The van der Waals surface area contributed by atoms with Crippen LogP contribution in [0.4, 0.5) is 8.78 Å². The molecule has 6 heteroatoms. The van der Waals surface area contributed by atoms with Crippen molar-refractivity contribution in [3.05, 3.63) is 64.7 Å². The molecule has 2 aromatic carbocycles. The predicted octanol–water partition coefficient (Wildman–Crippen LogP) is 3.58. The highest BCUT2D eigenvalue weighted by Gasteiger charge is 2.45. The lowest BCUT2D eigenvalue weighted by molar-refractivity contribution is 0.0520. The molecule has 0 saturated heterocycles. The molecule has 0 aromatic heterocycles. The fourth-order valence-electron chi connectivity index (χ4n) is 3.51. The van der Waals surface area contributed by atoms with Crippen LogP contribution in [0.2, 0.25) is 0 Å². The van der Waals surface area contributed by atoms with E-state index in [1.54, 1.807) is 39.0 Å². The summed E-state index contributed by atoms with van der Waals surface area (Å²) in [5, 5.41) is 11.0. The largest absolute Gasteiger partial charge is 0.392 e. The Balaban J connectivity index is 2.32. The van der Waals surface area contributed by atoms with Crippen LogP contribution in [-0.4, -0.2) is 25.4 Å². The molecular weight excluding hydrogens is 346 g/mol. The summed E-state index contributed by atoms with van der Waals surface area (Å²) >= 11 is 0. The third-order valence-corrected chi connectivity index (χ3v) is 6.97. The molecule has 0 aliphatic carbocycles. The van der Waals surface area contributed by atoms with E-state index in [0.29, 0.717) is 11.1 Å². The summed E-state index contributed by atoms with van der Waals surface area (Å²) in [4.78, 5) is 0.145. The highest BCUT2D eigenvalue weighted by atomic mass is 32.2. The number of aliphatic hydroxyl groups excluding tert-OH is 1. The standard InChI is InChI=1S/C19H20F2O3S/c1-11-4-6-13-16(8-11)25(23,24)10-19(2,3)18(22)17(13)12-5-7-14(20)15(21)9-12/h4-9,17-18,22H,10H2,1-3H3/t17-,18-/m1/s1. The lowest BCUT2D eigenvalue weighted by Crippen LogP contribution is -2.38. The summed E-state index contributed by atoms with van der Waals surface area (Å²) in [6.07, 6.45) is -1.07. The van der Waals surface area contributed by atoms with Crippen LogP contribution in [0.5, 0.6) is 0 Å². The molecule has 3 rings (SSSR count). The van der Waals surface area contributed by atoms with E-state index < -0.39 is 38.9 Å². The zero-order valence-electron chi connectivity index (χ0n) is 14.3. The highest BCUT2D eigenvalue weighted by molar-refractivity contribution is 7.91. The first kappa shape index (κ1) is 18.0. The fourth-order valence-corrected chi connectivity index (χ4v) is 5.74. The summed E-state index contributed by atoms with van der Waals surface area (Å²) in [6.45, 7) is 5.12. The van der Waals surface area contributed by atoms with Crippen molar-refractivity contribution in [2.75, 3.05) is 5.75 Å². The molecule has 3 nitrogen and oxygen atoms in total. The van der Waals surface area contributed by atoms with Crippen LogP contribution in [0.3, 0.4) is 0 Å². The van der Waals surface area contributed by atoms with Crippen molar-refractivity contribution >= 4 is 9.84 Å². The number of hydrogen-bond acceptors (Lipinski definition) is 3. The van der Waals surface area contributed by atoms with Crippen LogP contribution in [-0.2, 0) is 9.84 Å². The van der Waals surface area contributed by atoms with Crippen LogP contribution in [0, 0.1) is 24.0 Å². The molecule has 0 spiro atoms. The molecule has 25 heavy (non-hydrogen) atoms. The number of hydrogen-bond donors (Lipinski definition) is 1. The maximum absolute atomic E-state index is 13.8. The Labute approximate surface area is 146 Å². The monoisotopic (exact) mass is 366 g/mol. The number of halogens is 2. The first-order valence-corrected chi connectivity index (χ1v) is 9.64. The third kappa shape index (κ3) is 3.09. The lowest BCUT2D eigenvalue weighted by atomic mass is 9.75. The Morgan fingerprint density at radius 3 is 2.40 bits per heavy atom. The van der Waals surface area contributed by atoms with Crippen molar-refractivity contribution in [3.8, 4) is 0 Å². The number of rotatable bonds is 1. The van der Waals surface area contributed by atoms with Crippen LogP contribution in [0.1, 0.15) is 36.5 Å². The van der Waals surface area contributed by atoms with Gasteiger partial charge < -0.3 is 5.11 Å². The first-order valence-electron chi connectivity index (χ1n) is 7.99. The summed E-state index contributed by atoms with van der Waals surface area (Å²) < 4.78 is 52.8. The second kappa shape index (κ2) is 5.88. The van der Waals surface area contributed by atoms with E-state index in [2.05, 4.69) is 0 Å². The summed E-state index contributed by atoms with van der Waals surface area (Å²) in [5.74, 6) is -3.00. The average Bonchev–Trinajstić information content (AvgIpc) is 2.55.